The SMILES string of the molecule is O=P(O)(O)OP(=O)(O)OP(=O)(O)O.[H-].[H-].[K+].[Na+]. The fourth-order valence-electron chi connectivity index (χ4n) is 0.284. The molecule has 0 atom stereocenters. The van der Waals surface area contributed by atoms with Crippen LogP contribution < -0.4 is 80.9 Å². The van der Waals surface area contributed by atoms with Gasteiger partial charge in [0.15, 0.2) is 0 Å². The van der Waals surface area contributed by atoms with Gasteiger partial charge in [0.2, 0.25) is 0 Å². The molecule has 0 aliphatic heterocycles. The first-order valence-electron chi connectivity index (χ1n) is 2.28. The maximum atomic E-state index is 10.4. The normalized spacial score (nSPS) is 12.6. The van der Waals surface area contributed by atoms with Crippen molar-refractivity contribution in [2.75, 3.05) is 0 Å². The van der Waals surface area contributed by atoms with Crippen molar-refractivity contribution < 1.29 is 131 Å². The molecule has 15 heavy (non-hydrogen) atoms. The first kappa shape index (κ1) is 23.2. The summed E-state index contributed by atoms with van der Waals surface area (Å²) < 4.78 is 36.4. The average molecular weight is 322 g/mol. The minimum Gasteiger partial charge on any atom is -1.00 e. The average Bonchev–Trinajstić information content (AvgIpc) is 1.43. The Labute approximate surface area is 152 Å². The van der Waals surface area contributed by atoms with Crippen molar-refractivity contribution >= 4 is 23.5 Å². The van der Waals surface area contributed by atoms with E-state index < -0.39 is 23.5 Å². The van der Waals surface area contributed by atoms with Gasteiger partial charge >= 0.3 is 104 Å². The summed E-state index contributed by atoms with van der Waals surface area (Å²) in [4.78, 5) is 40.2. The second kappa shape index (κ2) is 8.26. The van der Waals surface area contributed by atoms with E-state index in [1.807, 2.05) is 0 Å². The van der Waals surface area contributed by atoms with Crippen molar-refractivity contribution in [2.45, 2.75) is 0 Å². The van der Waals surface area contributed by atoms with E-state index in [2.05, 4.69) is 8.62 Å². The third-order valence-corrected chi connectivity index (χ3v) is 3.77. The van der Waals surface area contributed by atoms with Gasteiger partial charge in [-0.15, -0.1) is 0 Å². The summed E-state index contributed by atoms with van der Waals surface area (Å²) in [5.41, 5.74) is 0. The molecule has 0 unspecified atom stereocenters. The number of hydrogen-bond acceptors (Lipinski definition) is 5. The van der Waals surface area contributed by atoms with Crippen LogP contribution in [-0.4, -0.2) is 24.5 Å². The van der Waals surface area contributed by atoms with Crippen molar-refractivity contribution in [3.63, 3.8) is 0 Å². The minimum atomic E-state index is -5.46. The minimum absolute atomic E-state index is 0. The molecule has 0 saturated carbocycles. The van der Waals surface area contributed by atoms with Crippen LogP contribution in [0.3, 0.4) is 0 Å². The summed E-state index contributed by atoms with van der Waals surface area (Å²) in [6.07, 6.45) is 0. The van der Waals surface area contributed by atoms with Crippen LogP contribution in [0, 0.1) is 0 Å². The van der Waals surface area contributed by atoms with Gasteiger partial charge in [-0.2, -0.15) is 8.62 Å². The van der Waals surface area contributed by atoms with E-state index in [-0.39, 0.29) is 83.8 Å². The summed E-state index contributed by atoms with van der Waals surface area (Å²) in [5.74, 6) is 0. The first-order chi connectivity index (χ1) is 5.41. The van der Waals surface area contributed by atoms with Crippen LogP contribution in [0.15, 0.2) is 0 Å². The Hall–Kier alpha value is 3.05. The van der Waals surface area contributed by atoms with Gasteiger partial charge in [0.05, 0.1) is 0 Å². The zero-order valence-corrected chi connectivity index (χ0v) is 15.4. The fourth-order valence-corrected chi connectivity index (χ4v) is 2.82. The second-order valence-electron chi connectivity index (χ2n) is 1.61. The zero-order chi connectivity index (χ0) is 10.9. The summed E-state index contributed by atoms with van der Waals surface area (Å²) in [6, 6.07) is 0. The van der Waals surface area contributed by atoms with Crippen molar-refractivity contribution in [1.82, 2.24) is 0 Å². The maximum absolute atomic E-state index is 10.4. The predicted molar refractivity (Wildman–Crippen MR) is 38.3 cm³/mol. The Bertz CT molecular complexity index is 292. The smallest absolute Gasteiger partial charge is 1.00 e. The molecular formula is H7KNaO10P3. The molecule has 0 rings (SSSR count). The molecule has 0 heterocycles. The van der Waals surface area contributed by atoms with Crippen LogP contribution in [-0.2, 0) is 22.3 Å². The van der Waals surface area contributed by atoms with E-state index >= 15 is 0 Å². The van der Waals surface area contributed by atoms with E-state index in [0.29, 0.717) is 0 Å². The molecule has 0 aromatic rings. The molecule has 0 aromatic carbocycles. The first-order valence-corrected chi connectivity index (χ1v) is 6.83. The van der Waals surface area contributed by atoms with Crippen LogP contribution >= 0.6 is 23.5 Å². The Balaban J connectivity index is -0.000000120. The second-order valence-corrected chi connectivity index (χ2v) is 5.82. The van der Waals surface area contributed by atoms with E-state index in [4.69, 9.17) is 24.5 Å². The number of phosphoric acid groups is 3. The molecule has 0 aliphatic rings. The molecule has 0 aromatic heterocycles. The van der Waals surface area contributed by atoms with Gasteiger partial charge < -0.3 is 27.3 Å². The van der Waals surface area contributed by atoms with Crippen molar-refractivity contribution in [3.05, 3.63) is 0 Å². The third-order valence-electron chi connectivity index (χ3n) is 0.419. The number of hydrogen-bond donors (Lipinski definition) is 5. The third kappa shape index (κ3) is 17.0. The molecule has 0 spiro atoms. The van der Waals surface area contributed by atoms with Gasteiger partial charge in [-0.25, -0.2) is 13.7 Å². The quantitative estimate of drug-likeness (QED) is 0.247. The van der Waals surface area contributed by atoms with Crippen molar-refractivity contribution in [3.8, 4) is 0 Å². The zero-order valence-electron chi connectivity index (χ0n) is 9.62. The van der Waals surface area contributed by atoms with Gasteiger partial charge in [-0.05, 0) is 0 Å². The summed E-state index contributed by atoms with van der Waals surface area (Å²) in [6.45, 7) is 0. The molecule has 0 radical (unpaired) electrons. The maximum Gasteiger partial charge on any atom is 1.00 e. The van der Waals surface area contributed by atoms with Gasteiger partial charge in [0.1, 0.15) is 0 Å². The molecule has 15 heteroatoms. The number of rotatable bonds is 4. The molecule has 0 bridgehead atoms. The van der Waals surface area contributed by atoms with Gasteiger partial charge in [-0.3, -0.25) is 0 Å². The fraction of sp³-hybridized carbons (Fsp3) is 0. The Kier molecular flexibility index (Phi) is 12.8. The van der Waals surface area contributed by atoms with Crippen LogP contribution in [0.4, 0.5) is 0 Å². The molecule has 84 valence electrons. The topological polar surface area (TPSA) is 171 Å². The van der Waals surface area contributed by atoms with Crippen LogP contribution in [0.5, 0.6) is 0 Å². The summed E-state index contributed by atoms with van der Waals surface area (Å²) in [5, 5.41) is 0. The van der Waals surface area contributed by atoms with Gasteiger partial charge in [0.25, 0.3) is 0 Å². The molecule has 0 fully saturated rings. The van der Waals surface area contributed by atoms with E-state index in [1.165, 1.54) is 0 Å². The largest absolute Gasteiger partial charge is 1.00 e. The summed E-state index contributed by atoms with van der Waals surface area (Å²) >= 11 is 0. The van der Waals surface area contributed by atoms with Crippen LogP contribution in [0.2, 0.25) is 0 Å². The van der Waals surface area contributed by atoms with E-state index in [1.54, 1.807) is 0 Å². The van der Waals surface area contributed by atoms with Crippen LogP contribution in [0.25, 0.3) is 0 Å². The molecule has 10 nitrogen and oxygen atoms in total. The van der Waals surface area contributed by atoms with Crippen molar-refractivity contribution in [1.29, 1.82) is 0 Å². The monoisotopic (exact) mass is 322 g/mol. The molecular weight excluding hydrogens is 315 g/mol. The molecule has 0 saturated heterocycles. The Morgan fingerprint density at radius 1 is 0.800 bits per heavy atom. The Morgan fingerprint density at radius 3 is 1.13 bits per heavy atom. The van der Waals surface area contributed by atoms with Crippen molar-refractivity contribution in [2.24, 2.45) is 0 Å². The Morgan fingerprint density at radius 2 is 1.00 bits per heavy atom. The van der Waals surface area contributed by atoms with Crippen LogP contribution in [0.1, 0.15) is 2.85 Å². The van der Waals surface area contributed by atoms with E-state index in [0.717, 1.165) is 0 Å². The van der Waals surface area contributed by atoms with Gasteiger partial charge in [-0.1, -0.05) is 0 Å². The van der Waals surface area contributed by atoms with E-state index in [9.17, 15) is 13.7 Å². The molecule has 0 aliphatic carbocycles. The summed E-state index contributed by atoms with van der Waals surface area (Å²) in [7, 11) is -16.2. The standard InChI is InChI=1S/K.Na.H5O10P3.2H/c;;1-11(2,3)9-13(7,8)10-12(4,5)6;;/h;;(H,7,8)(H2,1,2,3)(H2,4,5,6);;/q2*+1;;2*-1. The van der Waals surface area contributed by atoms with Gasteiger partial charge in [0, 0.05) is 0 Å². The molecule has 5 N–H and O–H groups in total. The molecule has 0 amide bonds. The predicted octanol–water partition coefficient (Wildman–Crippen LogP) is -6.46.